The highest BCUT2D eigenvalue weighted by Crippen LogP contribution is 2.23. The first kappa shape index (κ1) is 13.6. The van der Waals surface area contributed by atoms with Crippen LogP contribution in [0.2, 0.25) is 5.02 Å². The van der Waals surface area contributed by atoms with E-state index in [-0.39, 0.29) is 5.69 Å². The monoisotopic (exact) mass is 301 g/mol. The van der Waals surface area contributed by atoms with Gasteiger partial charge in [0.2, 0.25) is 5.78 Å². The third kappa shape index (κ3) is 2.60. The van der Waals surface area contributed by atoms with Crippen LogP contribution in [-0.2, 0) is 4.74 Å². The van der Waals surface area contributed by atoms with Gasteiger partial charge in [-0.25, -0.2) is 14.8 Å². The van der Waals surface area contributed by atoms with Crippen LogP contribution in [0.1, 0.15) is 17.4 Å². The predicted octanol–water partition coefficient (Wildman–Crippen LogP) is 3.23. The Morgan fingerprint density at radius 3 is 3.00 bits per heavy atom. The second-order valence-corrected chi connectivity index (χ2v) is 4.79. The molecule has 0 spiro atoms. The molecule has 3 aromatic rings. The lowest BCUT2D eigenvalue weighted by Gasteiger charge is -2.04. The van der Waals surface area contributed by atoms with Crippen LogP contribution in [0, 0.1) is 0 Å². The number of imidazole rings is 1. The van der Waals surface area contributed by atoms with Crippen molar-refractivity contribution in [1.29, 1.82) is 0 Å². The molecule has 1 aromatic carbocycles. The fraction of sp³-hybridized carbons (Fsp3) is 0.133. The smallest absolute Gasteiger partial charge is 0.358 e. The number of ether oxygens (including phenoxy) is 1. The maximum absolute atomic E-state index is 11.8. The summed E-state index contributed by atoms with van der Waals surface area (Å²) in [6, 6.07) is 9.30. The normalized spacial score (nSPS) is 10.8. The third-order valence-corrected chi connectivity index (χ3v) is 3.21. The van der Waals surface area contributed by atoms with Crippen molar-refractivity contribution in [3.63, 3.8) is 0 Å². The molecule has 0 aliphatic heterocycles. The number of carbonyl (C=O) groups excluding carboxylic acids is 1. The molecule has 0 fully saturated rings. The Balaban J connectivity index is 2.14. The second kappa shape index (κ2) is 5.54. The maximum Gasteiger partial charge on any atom is 0.358 e. The first-order valence-corrected chi connectivity index (χ1v) is 6.84. The number of hydrogen-bond acceptors (Lipinski definition) is 4. The second-order valence-electron chi connectivity index (χ2n) is 4.36. The van der Waals surface area contributed by atoms with Crippen LogP contribution in [0.5, 0.6) is 0 Å². The average molecular weight is 302 g/mol. The molecular formula is C15H12ClN3O2. The predicted molar refractivity (Wildman–Crippen MR) is 79.4 cm³/mol. The summed E-state index contributed by atoms with van der Waals surface area (Å²) in [5.74, 6) is -0.0180. The Morgan fingerprint density at radius 1 is 1.38 bits per heavy atom. The Labute approximate surface area is 126 Å². The summed E-state index contributed by atoms with van der Waals surface area (Å²) in [4.78, 5) is 20.1. The molecular weight excluding hydrogens is 290 g/mol. The van der Waals surface area contributed by atoms with E-state index in [0.29, 0.717) is 17.4 Å². The van der Waals surface area contributed by atoms with Gasteiger partial charge in [0.25, 0.3) is 0 Å². The van der Waals surface area contributed by atoms with Crippen molar-refractivity contribution >= 4 is 23.3 Å². The van der Waals surface area contributed by atoms with Crippen molar-refractivity contribution in [1.82, 2.24) is 14.4 Å². The summed E-state index contributed by atoms with van der Waals surface area (Å²) in [6.07, 6.45) is 3.27. The van der Waals surface area contributed by atoms with E-state index in [0.717, 1.165) is 11.3 Å². The van der Waals surface area contributed by atoms with Crippen molar-refractivity contribution in [3.8, 4) is 11.3 Å². The van der Waals surface area contributed by atoms with Gasteiger partial charge in [0.1, 0.15) is 0 Å². The molecule has 2 aromatic heterocycles. The number of halogens is 1. The maximum atomic E-state index is 11.8. The zero-order chi connectivity index (χ0) is 14.8. The van der Waals surface area contributed by atoms with Crippen LogP contribution in [0.3, 0.4) is 0 Å². The minimum absolute atomic E-state index is 0.235. The standard InChI is InChI=1S/C15H12ClN3O2/c1-2-21-14(20)12-9-19-13(6-7-17-15(19)18-12)10-4-3-5-11(16)8-10/h3-9H,2H2,1H3. The Hall–Kier alpha value is -2.40. The summed E-state index contributed by atoms with van der Waals surface area (Å²) >= 11 is 6.03. The molecule has 0 saturated heterocycles. The molecule has 6 heteroatoms. The van der Waals surface area contributed by atoms with Crippen molar-refractivity contribution < 1.29 is 9.53 Å². The van der Waals surface area contributed by atoms with E-state index in [9.17, 15) is 4.79 Å². The highest BCUT2D eigenvalue weighted by Gasteiger charge is 2.14. The van der Waals surface area contributed by atoms with Gasteiger partial charge in [0.15, 0.2) is 5.69 Å². The van der Waals surface area contributed by atoms with E-state index in [1.807, 2.05) is 24.3 Å². The number of esters is 1. The Bertz CT molecular complexity index is 814. The molecule has 0 radical (unpaired) electrons. The van der Waals surface area contributed by atoms with Crippen LogP contribution in [-0.4, -0.2) is 26.9 Å². The van der Waals surface area contributed by atoms with E-state index < -0.39 is 5.97 Å². The van der Waals surface area contributed by atoms with Crippen LogP contribution >= 0.6 is 11.6 Å². The van der Waals surface area contributed by atoms with Gasteiger partial charge in [-0.1, -0.05) is 23.7 Å². The molecule has 0 saturated carbocycles. The van der Waals surface area contributed by atoms with E-state index in [2.05, 4.69) is 9.97 Å². The number of aromatic nitrogens is 3. The fourth-order valence-corrected chi connectivity index (χ4v) is 2.27. The SMILES string of the molecule is CCOC(=O)c1cn2c(-c3cccc(Cl)c3)ccnc2n1. The quantitative estimate of drug-likeness (QED) is 0.697. The van der Waals surface area contributed by atoms with Crippen LogP contribution in [0.25, 0.3) is 17.0 Å². The van der Waals surface area contributed by atoms with E-state index in [1.54, 1.807) is 29.8 Å². The first-order valence-electron chi connectivity index (χ1n) is 6.46. The van der Waals surface area contributed by atoms with Crippen LogP contribution < -0.4 is 0 Å². The summed E-state index contributed by atoms with van der Waals surface area (Å²) in [6.45, 7) is 2.06. The van der Waals surface area contributed by atoms with Gasteiger partial charge in [-0.15, -0.1) is 0 Å². The largest absolute Gasteiger partial charge is 0.461 e. The average Bonchev–Trinajstić information content (AvgIpc) is 2.91. The van der Waals surface area contributed by atoms with E-state index in [1.165, 1.54) is 0 Å². The van der Waals surface area contributed by atoms with Gasteiger partial charge in [-0.2, -0.15) is 0 Å². The molecule has 0 aliphatic rings. The molecule has 2 heterocycles. The zero-order valence-electron chi connectivity index (χ0n) is 11.3. The number of rotatable bonds is 3. The topological polar surface area (TPSA) is 56.5 Å². The minimum atomic E-state index is -0.458. The van der Waals surface area contributed by atoms with Gasteiger partial charge in [-0.3, -0.25) is 4.40 Å². The number of fused-ring (bicyclic) bond motifs is 1. The number of nitrogens with zero attached hydrogens (tertiary/aromatic N) is 3. The minimum Gasteiger partial charge on any atom is -0.461 e. The summed E-state index contributed by atoms with van der Waals surface area (Å²) in [5, 5.41) is 0.642. The van der Waals surface area contributed by atoms with E-state index in [4.69, 9.17) is 16.3 Å². The molecule has 0 amide bonds. The lowest BCUT2D eigenvalue weighted by molar-refractivity contribution is 0.0520. The molecule has 0 N–H and O–H groups in total. The highest BCUT2D eigenvalue weighted by molar-refractivity contribution is 6.30. The van der Waals surface area contributed by atoms with E-state index >= 15 is 0 Å². The van der Waals surface area contributed by atoms with Gasteiger partial charge >= 0.3 is 5.97 Å². The van der Waals surface area contributed by atoms with Gasteiger partial charge in [0.05, 0.1) is 12.3 Å². The number of hydrogen-bond donors (Lipinski definition) is 0. The highest BCUT2D eigenvalue weighted by atomic mass is 35.5. The first-order chi connectivity index (χ1) is 10.2. The summed E-state index contributed by atoms with van der Waals surface area (Å²) in [5.41, 5.74) is 2.01. The molecule has 106 valence electrons. The van der Waals surface area contributed by atoms with Crippen LogP contribution in [0.15, 0.2) is 42.7 Å². The van der Waals surface area contributed by atoms with Crippen molar-refractivity contribution in [3.05, 3.63) is 53.4 Å². The number of benzene rings is 1. The molecule has 0 atom stereocenters. The van der Waals surface area contributed by atoms with Crippen molar-refractivity contribution in [2.75, 3.05) is 6.61 Å². The molecule has 0 unspecified atom stereocenters. The van der Waals surface area contributed by atoms with Crippen molar-refractivity contribution in [2.24, 2.45) is 0 Å². The molecule has 21 heavy (non-hydrogen) atoms. The number of carbonyl (C=O) groups is 1. The van der Waals surface area contributed by atoms with Crippen molar-refractivity contribution in [2.45, 2.75) is 6.92 Å². The Kier molecular flexibility index (Phi) is 3.58. The lowest BCUT2D eigenvalue weighted by atomic mass is 10.1. The molecule has 3 rings (SSSR count). The molecule has 0 aliphatic carbocycles. The van der Waals surface area contributed by atoms with Gasteiger partial charge < -0.3 is 4.74 Å². The third-order valence-electron chi connectivity index (χ3n) is 2.97. The summed E-state index contributed by atoms with van der Waals surface area (Å²) in [7, 11) is 0. The fourth-order valence-electron chi connectivity index (χ4n) is 2.08. The van der Waals surface area contributed by atoms with Crippen LogP contribution in [0.4, 0.5) is 0 Å². The van der Waals surface area contributed by atoms with Gasteiger partial charge in [-0.05, 0) is 25.1 Å². The van der Waals surface area contributed by atoms with Gasteiger partial charge in [0, 0.05) is 23.0 Å². The Morgan fingerprint density at radius 2 is 2.24 bits per heavy atom. The molecule has 5 nitrogen and oxygen atoms in total. The molecule has 0 bridgehead atoms. The summed E-state index contributed by atoms with van der Waals surface area (Å²) < 4.78 is 6.71. The zero-order valence-corrected chi connectivity index (χ0v) is 12.0. The lowest BCUT2D eigenvalue weighted by Crippen LogP contribution is -2.04.